The molecular weight excluding hydrogens is 364 g/mol. The van der Waals surface area contributed by atoms with E-state index in [-0.39, 0.29) is 6.10 Å². The summed E-state index contributed by atoms with van der Waals surface area (Å²) in [5, 5.41) is 7.78. The third-order valence-electron chi connectivity index (χ3n) is 5.75. The zero-order valence-corrected chi connectivity index (χ0v) is 17.5. The van der Waals surface area contributed by atoms with E-state index in [1.165, 1.54) is 37.1 Å². The highest BCUT2D eigenvalue weighted by Crippen LogP contribution is 2.21. The van der Waals surface area contributed by atoms with Crippen molar-refractivity contribution in [3.8, 4) is 0 Å². The first-order valence-corrected chi connectivity index (χ1v) is 10.6. The van der Waals surface area contributed by atoms with Gasteiger partial charge in [-0.05, 0) is 37.1 Å². The van der Waals surface area contributed by atoms with Gasteiger partial charge in [-0.3, -0.25) is 14.6 Å². The topological polar surface area (TPSA) is 57.9 Å². The molecule has 1 aromatic heterocycles. The van der Waals surface area contributed by atoms with Gasteiger partial charge in [0.15, 0.2) is 5.96 Å². The predicted molar refractivity (Wildman–Crippen MR) is 115 cm³/mol. The van der Waals surface area contributed by atoms with Crippen LogP contribution in [0.15, 0.2) is 41.7 Å². The number of morpholine rings is 1. The molecule has 2 aliphatic heterocycles. The highest BCUT2D eigenvalue weighted by molar-refractivity contribution is 5.80. The van der Waals surface area contributed by atoms with Crippen LogP contribution in [0.2, 0.25) is 0 Å². The van der Waals surface area contributed by atoms with Crippen molar-refractivity contribution in [2.45, 2.75) is 32.0 Å². The number of likely N-dealkylation sites (tertiary alicyclic amines) is 1. The summed E-state index contributed by atoms with van der Waals surface area (Å²) in [5.74, 6) is 0.920. The van der Waals surface area contributed by atoms with E-state index in [1.807, 2.05) is 31.2 Å². The molecule has 0 saturated carbocycles. The molecule has 0 bridgehead atoms. The van der Waals surface area contributed by atoms with Crippen molar-refractivity contribution >= 4 is 5.96 Å². The van der Waals surface area contributed by atoms with Crippen LogP contribution in [0.25, 0.3) is 0 Å². The number of hydrogen-bond donors (Lipinski definition) is 1. The molecule has 2 fully saturated rings. The molecule has 2 aliphatic rings. The van der Waals surface area contributed by atoms with E-state index in [0.29, 0.717) is 6.61 Å². The van der Waals surface area contributed by atoms with Gasteiger partial charge in [-0.2, -0.15) is 5.10 Å². The summed E-state index contributed by atoms with van der Waals surface area (Å²) in [5.41, 5.74) is 3.78. The lowest BCUT2D eigenvalue weighted by atomic mass is 10.1. The van der Waals surface area contributed by atoms with Crippen molar-refractivity contribution in [2.24, 2.45) is 12.0 Å². The van der Waals surface area contributed by atoms with Gasteiger partial charge in [0.25, 0.3) is 0 Å². The molecule has 7 nitrogen and oxygen atoms in total. The Morgan fingerprint density at radius 2 is 1.93 bits per heavy atom. The van der Waals surface area contributed by atoms with Crippen molar-refractivity contribution in [1.29, 1.82) is 0 Å². The number of rotatable bonds is 5. The number of aliphatic imine (C=N–C) groups is 1. The number of nitrogens with one attached hydrogen (secondary N) is 1. The second-order valence-electron chi connectivity index (χ2n) is 7.95. The van der Waals surface area contributed by atoms with Gasteiger partial charge in [0.05, 0.1) is 19.3 Å². The minimum Gasteiger partial charge on any atom is -0.370 e. The average molecular weight is 397 g/mol. The lowest BCUT2D eigenvalue weighted by Crippen LogP contribution is -2.47. The maximum absolute atomic E-state index is 5.95. The molecule has 1 unspecified atom stereocenters. The Balaban J connectivity index is 1.30. The van der Waals surface area contributed by atoms with E-state index in [2.05, 4.69) is 49.5 Å². The number of benzene rings is 1. The Kier molecular flexibility index (Phi) is 6.46. The molecule has 1 N–H and O–H groups in total. The number of hydrogen-bond acceptors (Lipinski definition) is 4. The Morgan fingerprint density at radius 3 is 2.62 bits per heavy atom. The molecule has 0 spiro atoms. The molecule has 156 valence electrons. The van der Waals surface area contributed by atoms with Crippen molar-refractivity contribution < 1.29 is 4.74 Å². The second-order valence-corrected chi connectivity index (χ2v) is 7.95. The predicted octanol–water partition coefficient (Wildman–Crippen LogP) is 2.16. The quantitative estimate of drug-likeness (QED) is 0.620. The van der Waals surface area contributed by atoms with Gasteiger partial charge in [0.1, 0.15) is 6.10 Å². The van der Waals surface area contributed by atoms with E-state index in [1.54, 1.807) is 0 Å². The van der Waals surface area contributed by atoms with Crippen molar-refractivity contribution in [1.82, 2.24) is 24.9 Å². The zero-order chi connectivity index (χ0) is 20.1. The van der Waals surface area contributed by atoms with Crippen LogP contribution in [0.4, 0.5) is 0 Å². The Morgan fingerprint density at radius 1 is 1.17 bits per heavy atom. The van der Waals surface area contributed by atoms with Gasteiger partial charge in [0.2, 0.25) is 0 Å². The lowest BCUT2D eigenvalue weighted by Gasteiger charge is -2.34. The van der Waals surface area contributed by atoms with Gasteiger partial charge in [0, 0.05) is 45.5 Å². The summed E-state index contributed by atoms with van der Waals surface area (Å²) >= 11 is 0. The molecular formula is C22H32N6O. The van der Waals surface area contributed by atoms with Crippen LogP contribution < -0.4 is 5.32 Å². The fourth-order valence-corrected chi connectivity index (χ4v) is 4.12. The maximum Gasteiger partial charge on any atom is 0.194 e. The SMILES string of the molecule is CN=C(NCc1ccc(CN2CCCC2)cc1)N1CCOC(c2cnn(C)c2)C1. The third-order valence-corrected chi connectivity index (χ3v) is 5.75. The van der Waals surface area contributed by atoms with Crippen molar-refractivity contribution in [3.05, 3.63) is 53.3 Å². The van der Waals surface area contributed by atoms with E-state index in [9.17, 15) is 0 Å². The second kappa shape index (κ2) is 9.41. The fourth-order valence-electron chi connectivity index (χ4n) is 4.12. The molecule has 2 aromatic rings. The molecule has 2 saturated heterocycles. The molecule has 29 heavy (non-hydrogen) atoms. The Bertz CT molecular complexity index is 809. The van der Waals surface area contributed by atoms with Crippen LogP contribution in [0.5, 0.6) is 0 Å². The summed E-state index contributed by atoms with van der Waals surface area (Å²) in [6.07, 6.45) is 6.61. The molecule has 0 aliphatic carbocycles. The van der Waals surface area contributed by atoms with Gasteiger partial charge in [-0.25, -0.2) is 0 Å². The first kappa shape index (κ1) is 19.9. The number of nitrogens with zero attached hydrogens (tertiary/aromatic N) is 5. The number of aromatic nitrogens is 2. The van der Waals surface area contributed by atoms with Gasteiger partial charge < -0.3 is 15.0 Å². The normalized spacial score (nSPS) is 21.0. The molecule has 4 rings (SSSR count). The Labute approximate surface area is 173 Å². The number of aryl methyl sites for hydroxylation is 1. The maximum atomic E-state index is 5.95. The van der Waals surface area contributed by atoms with E-state index in [0.717, 1.165) is 37.7 Å². The largest absolute Gasteiger partial charge is 0.370 e. The summed E-state index contributed by atoms with van der Waals surface area (Å²) in [6.45, 7) is 6.61. The minimum absolute atomic E-state index is 0.0286. The van der Waals surface area contributed by atoms with Crippen LogP contribution in [0.1, 0.15) is 35.6 Å². The summed E-state index contributed by atoms with van der Waals surface area (Å²) < 4.78 is 7.77. The molecule has 0 radical (unpaired) electrons. The molecule has 7 heteroatoms. The molecule has 3 heterocycles. The highest BCUT2D eigenvalue weighted by Gasteiger charge is 2.25. The average Bonchev–Trinajstić information content (AvgIpc) is 3.42. The summed E-state index contributed by atoms with van der Waals surface area (Å²) in [7, 11) is 3.77. The van der Waals surface area contributed by atoms with Crippen molar-refractivity contribution in [3.63, 3.8) is 0 Å². The first-order valence-electron chi connectivity index (χ1n) is 10.6. The van der Waals surface area contributed by atoms with E-state index < -0.39 is 0 Å². The van der Waals surface area contributed by atoms with Gasteiger partial charge in [-0.1, -0.05) is 24.3 Å². The minimum atomic E-state index is 0.0286. The smallest absolute Gasteiger partial charge is 0.194 e. The lowest BCUT2D eigenvalue weighted by molar-refractivity contribution is -0.00805. The standard InChI is InChI=1S/C22H32N6O/c1-23-22(28-11-12-29-21(17-28)20-14-25-26(2)16-20)24-13-18-5-7-19(8-6-18)15-27-9-3-4-10-27/h5-8,14,16,21H,3-4,9-13,15,17H2,1-2H3,(H,23,24). The molecule has 0 amide bonds. The molecule has 1 aromatic carbocycles. The first-order chi connectivity index (χ1) is 14.2. The van der Waals surface area contributed by atoms with Crippen LogP contribution in [-0.4, -0.2) is 65.4 Å². The third kappa shape index (κ3) is 5.16. The fraction of sp³-hybridized carbons (Fsp3) is 0.545. The summed E-state index contributed by atoms with van der Waals surface area (Å²) in [6, 6.07) is 8.96. The van der Waals surface area contributed by atoms with Gasteiger partial charge in [-0.15, -0.1) is 0 Å². The van der Waals surface area contributed by atoms with Crippen molar-refractivity contribution in [2.75, 3.05) is 39.8 Å². The zero-order valence-electron chi connectivity index (χ0n) is 17.5. The monoisotopic (exact) mass is 396 g/mol. The highest BCUT2D eigenvalue weighted by atomic mass is 16.5. The van der Waals surface area contributed by atoms with Crippen LogP contribution in [0.3, 0.4) is 0 Å². The summed E-state index contributed by atoms with van der Waals surface area (Å²) in [4.78, 5) is 9.30. The van der Waals surface area contributed by atoms with Crippen LogP contribution in [0, 0.1) is 0 Å². The van der Waals surface area contributed by atoms with Gasteiger partial charge >= 0.3 is 0 Å². The number of ether oxygens (including phenoxy) is 1. The van der Waals surface area contributed by atoms with E-state index >= 15 is 0 Å². The number of guanidine groups is 1. The molecule has 1 atom stereocenters. The van der Waals surface area contributed by atoms with E-state index in [4.69, 9.17) is 4.74 Å². The van der Waals surface area contributed by atoms with Crippen LogP contribution >= 0.6 is 0 Å². The van der Waals surface area contributed by atoms with Crippen LogP contribution in [-0.2, 0) is 24.9 Å². The Hall–Kier alpha value is -2.38.